The minimum absolute atomic E-state index is 0.0883. The van der Waals surface area contributed by atoms with Crippen molar-refractivity contribution in [3.63, 3.8) is 0 Å². The monoisotopic (exact) mass is 368 g/mol. The van der Waals surface area contributed by atoms with Gasteiger partial charge in [-0.15, -0.1) is 0 Å². The van der Waals surface area contributed by atoms with Crippen LogP contribution in [0.1, 0.15) is 53.5 Å². The Bertz CT molecular complexity index is 843. The topological polar surface area (TPSA) is 87.5 Å². The molecule has 27 heavy (non-hydrogen) atoms. The van der Waals surface area contributed by atoms with Crippen molar-refractivity contribution in [2.75, 3.05) is 18.4 Å². The first-order valence-electron chi connectivity index (χ1n) is 9.46. The number of anilines is 1. The maximum absolute atomic E-state index is 12.5. The van der Waals surface area contributed by atoms with Gasteiger partial charge in [0.25, 0.3) is 5.91 Å². The highest BCUT2D eigenvalue weighted by molar-refractivity contribution is 5.97. The minimum atomic E-state index is -0.0955. The maximum atomic E-state index is 12.5. The normalized spacial score (nSPS) is 19.8. The minimum Gasteiger partial charge on any atom is -0.361 e. The summed E-state index contributed by atoms with van der Waals surface area (Å²) in [5, 5.41) is 9.97. The number of likely N-dealkylation sites (tertiary alicyclic amines) is 1. The molecule has 4 rings (SSSR count). The smallest absolute Gasteiger partial charge is 0.251 e. The summed E-state index contributed by atoms with van der Waals surface area (Å²) in [7, 11) is 0. The van der Waals surface area contributed by atoms with Crippen LogP contribution in [0, 0.1) is 6.92 Å². The number of carbonyl (C=O) groups is 2. The van der Waals surface area contributed by atoms with E-state index in [1.165, 1.54) is 0 Å². The molecule has 1 aromatic carbocycles. The molecule has 1 aliphatic heterocycles. The van der Waals surface area contributed by atoms with E-state index in [0.717, 1.165) is 43.7 Å². The fourth-order valence-electron chi connectivity index (χ4n) is 3.51. The fourth-order valence-corrected chi connectivity index (χ4v) is 3.51. The van der Waals surface area contributed by atoms with Crippen LogP contribution in [0.5, 0.6) is 0 Å². The third-order valence-corrected chi connectivity index (χ3v) is 5.02. The summed E-state index contributed by atoms with van der Waals surface area (Å²) in [5.41, 5.74) is 2.09. The summed E-state index contributed by atoms with van der Waals surface area (Å²) < 4.78 is 5.18. The van der Waals surface area contributed by atoms with Crippen LogP contribution in [0.4, 0.5) is 5.69 Å². The van der Waals surface area contributed by atoms with Crippen molar-refractivity contribution in [2.24, 2.45) is 0 Å². The van der Waals surface area contributed by atoms with Crippen molar-refractivity contribution in [1.29, 1.82) is 0 Å². The molecule has 2 aromatic rings. The number of aryl methyl sites for hydroxylation is 1. The highest BCUT2D eigenvalue weighted by atomic mass is 16.5. The molecule has 2 aliphatic rings. The summed E-state index contributed by atoms with van der Waals surface area (Å²) in [6, 6.07) is 9.42. The molecule has 2 N–H and O–H groups in total. The van der Waals surface area contributed by atoms with Gasteiger partial charge in [0.2, 0.25) is 5.91 Å². The van der Waals surface area contributed by atoms with E-state index in [0.29, 0.717) is 17.3 Å². The van der Waals surface area contributed by atoms with E-state index in [4.69, 9.17) is 4.52 Å². The standard InChI is InChI=1S/C20H24N4O3/c1-13-10-17(23-27-13)18-6-3-9-24(18)12-19(25)21-16-5-2-4-14(11-16)20(26)22-15-7-8-15/h2,4-5,10-11,15,18H,3,6-9,12H2,1H3,(H,21,25)(H,22,26). The molecular formula is C20H24N4O3. The molecule has 2 heterocycles. The molecule has 1 atom stereocenters. The van der Waals surface area contributed by atoms with Gasteiger partial charge in [-0.2, -0.15) is 0 Å². The van der Waals surface area contributed by atoms with Crippen LogP contribution in [0.2, 0.25) is 0 Å². The van der Waals surface area contributed by atoms with E-state index in [2.05, 4.69) is 20.7 Å². The Hall–Kier alpha value is -2.67. The van der Waals surface area contributed by atoms with Gasteiger partial charge in [-0.1, -0.05) is 11.2 Å². The summed E-state index contributed by atoms with van der Waals surface area (Å²) in [5.74, 6) is 0.596. The third kappa shape index (κ3) is 4.36. The molecule has 1 unspecified atom stereocenters. The van der Waals surface area contributed by atoms with Crippen LogP contribution < -0.4 is 10.6 Å². The molecule has 7 heteroatoms. The van der Waals surface area contributed by atoms with Gasteiger partial charge in [-0.05, 0) is 57.4 Å². The van der Waals surface area contributed by atoms with E-state index in [1.54, 1.807) is 24.3 Å². The Morgan fingerprint density at radius 1 is 1.26 bits per heavy atom. The Morgan fingerprint density at radius 3 is 2.85 bits per heavy atom. The molecule has 0 spiro atoms. The molecular weight excluding hydrogens is 344 g/mol. The number of hydrogen-bond acceptors (Lipinski definition) is 5. The zero-order valence-electron chi connectivity index (χ0n) is 15.4. The molecule has 7 nitrogen and oxygen atoms in total. The SMILES string of the molecule is Cc1cc(C2CCCN2CC(=O)Nc2cccc(C(=O)NC3CC3)c2)no1. The maximum Gasteiger partial charge on any atom is 0.251 e. The lowest BCUT2D eigenvalue weighted by molar-refractivity contribution is -0.117. The lowest BCUT2D eigenvalue weighted by Gasteiger charge is -2.22. The number of carbonyl (C=O) groups excluding carboxylic acids is 2. The highest BCUT2D eigenvalue weighted by Gasteiger charge is 2.30. The molecule has 0 bridgehead atoms. The van der Waals surface area contributed by atoms with Gasteiger partial charge in [0, 0.05) is 23.4 Å². The van der Waals surface area contributed by atoms with Gasteiger partial charge < -0.3 is 15.2 Å². The van der Waals surface area contributed by atoms with E-state index >= 15 is 0 Å². The van der Waals surface area contributed by atoms with Crippen molar-refractivity contribution < 1.29 is 14.1 Å². The molecule has 142 valence electrons. The zero-order valence-corrected chi connectivity index (χ0v) is 15.4. The van der Waals surface area contributed by atoms with Crippen LogP contribution >= 0.6 is 0 Å². The summed E-state index contributed by atoms with van der Waals surface area (Å²) in [6.07, 6.45) is 4.09. The van der Waals surface area contributed by atoms with Crippen LogP contribution in [0.25, 0.3) is 0 Å². The number of hydrogen-bond donors (Lipinski definition) is 2. The summed E-state index contributed by atoms with van der Waals surface area (Å²) in [6.45, 7) is 3.01. The Morgan fingerprint density at radius 2 is 2.11 bits per heavy atom. The second-order valence-corrected chi connectivity index (χ2v) is 7.37. The molecule has 0 radical (unpaired) electrons. The van der Waals surface area contributed by atoms with Crippen molar-refractivity contribution in [2.45, 2.75) is 44.7 Å². The van der Waals surface area contributed by atoms with E-state index in [9.17, 15) is 9.59 Å². The molecule has 2 fully saturated rings. The van der Waals surface area contributed by atoms with Gasteiger partial charge in [0.1, 0.15) is 11.5 Å². The molecule has 2 amide bonds. The average molecular weight is 368 g/mol. The largest absolute Gasteiger partial charge is 0.361 e. The summed E-state index contributed by atoms with van der Waals surface area (Å²) in [4.78, 5) is 26.8. The Balaban J connectivity index is 1.36. The van der Waals surface area contributed by atoms with Crippen molar-refractivity contribution in [3.8, 4) is 0 Å². The van der Waals surface area contributed by atoms with Crippen molar-refractivity contribution in [1.82, 2.24) is 15.4 Å². The third-order valence-electron chi connectivity index (χ3n) is 5.02. The van der Waals surface area contributed by atoms with E-state index < -0.39 is 0 Å². The number of amides is 2. The lowest BCUT2D eigenvalue weighted by Crippen LogP contribution is -2.33. The first-order chi connectivity index (χ1) is 13.1. The quantitative estimate of drug-likeness (QED) is 0.818. The number of nitrogens with zero attached hydrogens (tertiary/aromatic N) is 2. The molecule has 1 aromatic heterocycles. The van der Waals surface area contributed by atoms with Gasteiger partial charge >= 0.3 is 0 Å². The van der Waals surface area contributed by atoms with Gasteiger partial charge in [0.15, 0.2) is 0 Å². The van der Waals surface area contributed by atoms with Gasteiger partial charge in [-0.25, -0.2) is 0 Å². The Kier molecular flexibility index (Phi) is 4.94. The van der Waals surface area contributed by atoms with E-state index in [1.807, 2.05) is 13.0 Å². The summed E-state index contributed by atoms with van der Waals surface area (Å²) >= 11 is 0. The molecule has 1 aliphatic carbocycles. The van der Waals surface area contributed by atoms with Gasteiger partial charge in [-0.3, -0.25) is 14.5 Å². The Labute approximate surface area is 158 Å². The number of nitrogens with one attached hydrogen (secondary N) is 2. The number of rotatable bonds is 6. The zero-order chi connectivity index (χ0) is 18.8. The fraction of sp³-hybridized carbons (Fsp3) is 0.450. The van der Waals surface area contributed by atoms with Crippen LogP contribution in [0.15, 0.2) is 34.9 Å². The predicted molar refractivity (Wildman–Crippen MR) is 100 cm³/mol. The van der Waals surface area contributed by atoms with Crippen molar-refractivity contribution in [3.05, 3.63) is 47.3 Å². The van der Waals surface area contributed by atoms with Crippen LogP contribution in [-0.2, 0) is 4.79 Å². The van der Waals surface area contributed by atoms with E-state index in [-0.39, 0.29) is 24.4 Å². The van der Waals surface area contributed by atoms with Crippen LogP contribution in [0.3, 0.4) is 0 Å². The second-order valence-electron chi connectivity index (χ2n) is 7.37. The predicted octanol–water partition coefficient (Wildman–Crippen LogP) is 2.65. The first-order valence-corrected chi connectivity index (χ1v) is 9.46. The second kappa shape index (κ2) is 7.52. The number of benzene rings is 1. The molecule has 1 saturated heterocycles. The average Bonchev–Trinajstić information content (AvgIpc) is 3.16. The number of aromatic nitrogens is 1. The highest BCUT2D eigenvalue weighted by Crippen LogP contribution is 2.31. The molecule has 1 saturated carbocycles. The lowest BCUT2D eigenvalue weighted by atomic mass is 10.1. The van der Waals surface area contributed by atoms with Gasteiger partial charge in [0.05, 0.1) is 12.6 Å². The van der Waals surface area contributed by atoms with Crippen molar-refractivity contribution >= 4 is 17.5 Å². The first kappa shape index (κ1) is 17.7. The van der Waals surface area contributed by atoms with Crippen LogP contribution in [-0.4, -0.2) is 41.0 Å².